The molecule has 9 heteroatoms. The number of rotatable bonds is 9. The van der Waals surface area contributed by atoms with Crippen LogP contribution in [0.15, 0.2) is 42.5 Å². The second-order valence-electron chi connectivity index (χ2n) is 7.17. The Morgan fingerprint density at radius 1 is 1.10 bits per heavy atom. The number of carbonyl (C=O) groups excluding carboxylic acids is 1. The highest BCUT2D eigenvalue weighted by molar-refractivity contribution is 7.90. The van der Waals surface area contributed by atoms with Crippen LogP contribution in [0.4, 0.5) is 5.69 Å². The molecular formula is C21H26N2O6S. The molecule has 2 aromatic carbocycles. The molecule has 8 nitrogen and oxygen atoms in total. The van der Waals surface area contributed by atoms with E-state index in [1.807, 2.05) is 31.2 Å². The molecular weight excluding hydrogens is 408 g/mol. The second-order valence-corrected chi connectivity index (χ2v) is 9.50. The highest BCUT2D eigenvalue weighted by Gasteiger charge is 2.22. The van der Waals surface area contributed by atoms with Crippen molar-refractivity contribution in [1.82, 2.24) is 4.72 Å². The van der Waals surface area contributed by atoms with Crippen LogP contribution < -0.4 is 4.72 Å². The average Bonchev–Trinajstić information content (AvgIpc) is 2.71. The lowest BCUT2D eigenvalue weighted by Gasteiger charge is -2.15. The summed E-state index contributed by atoms with van der Waals surface area (Å²) in [5.74, 6) is -0.781. The Hall–Kier alpha value is -2.78. The first-order valence-electron chi connectivity index (χ1n) is 9.61. The van der Waals surface area contributed by atoms with Crippen molar-refractivity contribution >= 4 is 21.7 Å². The van der Waals surface area contributed by atoms with Crippen molar-refractivity contribution in [2.75, 3.05) is 13.2 Å². The summed E-state index contributed by atoms with van der Waals surface area (Å²) in [4.78, 5) is 22.7. The molecule has 162 valence electrons. The number of hydrogen-bond acceptors (Lipinski definition) is 6. The van der Waals surface area contributed by atoms with E-state index in [1.54, 1.807) is 26.8 Å². The lowest BCUT2D eigenvalue weighted by atomic mass is 9.97. The number of nitrogens with zero attached hydrogens (tertiary/aromatic N) is 1. The van der Waals surface area contributed by atoms with Gasteiger partial charge in [-0.1, -0.05) is 37.3 Å². The van der Waals surface area contributed by atoms with Crippen molar-refractivity contribution in [1.29, 1.82) is 0 Å². The van der Waals surface area contributed by atoms with Crippen LogP contribution in [0.25, 0.3) is 11.1 Å². The number of nitro groups is 1. The quantitative estimate of drug-likeness (QED) is 0.364. The standard InChI is InChI=1S/C21H26N2O6S/c1-5-29-21(24)19-11-10-18(12-20(19)23(25)26)17-8-6-16(7-9-17)15(4)13-22-30(27,28)14(2)3/h6-12,14-15,22H,5,13H2,1-4H3. The molecule has 0 radical (unpaired) electrons. The summed E-state index contributed by atoms with van der Waals surface area (Å²) in [5.41, 5.74) is 1.87. The fourth-order valence-corrected chi connectivity index (χ4v) is 3.59. The minimum atomic E-state index is -3.33. The van der Waals surface area contributed by atoms with Gasteiger partial charge >= 0.3 is 5.97 Å². The van der Waals surface area contributed by atoms with Gasteiger partial charge in [-0.15, -0.1) is 0 Å². The van der Waals surface area contributed by atoms with Crippen LogP contribution in [-0.4, -0.2) is 37.7 Å². The molecule has 0 spiro atoms. The van der Waals surface area contributed by atoms with E-state index >= 15 is 0 Å². The molecule has 0 fully saturated rings. The number of esters is 1. The van der Waals surface area contributed by atoms with E-state index in [9.17, 15) is 23.3 Å². The molecule has 0 amide bonds. The number of sulfonamides is 1. The van der Waals surface area contributed by atoms with Crippen LogP contribution >= 0.6 is 0 Å². The van der Waals surface area contributed by atoms with Crippen molar-refractivity contribution in [3.8, 4) is 11.1 Å². The Morgan fingerprint density at radius 3 is 2.23 bits per heavy atom. The fourth-order valence-electron chi connectivity index (χ4n) is 2.77. The third-order valence-corrected chi connectivity index (χ3v) is 6.52. The van der Waals surface area contributed by atoms with Gasteiger partial charge in [0.05, 0.1) is 16.8 Å². The zero-order valence-electron chi connectivity index (χ0n) is 17.4. The van der Waals surface area contributed by atoms with E-state index in [0.29, 0.717) is 5.56 Å². The van der Waals surface area contributed by atoms with Gasteiger partial charge in [-0.2, -0.15) is 0 Å². The molecule has 1 N–H and O–H groups in total. The molecule has 0 bridgehead atoms. The zero-order chi connectivity index (χ0) is 22.5. The Kier molecular flexibility index (Phi) is 7.69. The summed E-state index contributed by atoms with van der Waals surface area (Å²) in [5, 5.41) is 10.9. The number of hydrogen-bond donors (Lipinski definition) is 1. The smallest absolute Gasteiger partial charge is 0.345 e. The van der Waals surface area contributed by atoms with Crippen LogP contribution in [-0.2, 0) is 14.8 Å². The summed E-state index contributed by atoms with van der Waals surface area (Å²) in [7, 11) is -3.33. The molecule has 0 heterocycles. The third kappa shape index (κ3) is 5.64. The predicted molar refractivity (Wildman–Crippen MR) is 115 cm³/mol. The normalized spacial score (nSPS) is 12.6. The molecule has 1 atom stereocenters. The van der Waals surface area contributed by atoms with Gasteiger partial charge in [-0.25, -0.2) is 17.9 Å². The molecule has 2 aromatic rings. The Morgan fingerprint density at radius 2 is 1.70 bits per heavy atom. The van der Waals surface area contributed by atoms with Gasteiger partial charge in [-0.05, 0) is 49.4 Å². The molecule has 1 unspecified atom stereocenters. The average molecular weight is 435 g/mol. The summed E-state index contributed by atoms with van der Waals surface area (Å²) in [6, 6.07) is 11.7. The zero-order valence-corrected chi connectivity index (χ0v) is 18.2. The maximum Gasteiger partial charge on any atom is 0.345 e. The number of carbonyl (C=O) groups is 1. The minimum absolute atomic E-state index is 0.0481. The highest BCUT2D eigenvalue weighted by atomic mass is 32.2. The van der Waals surface area contributed by atoms with Gasteiger partial charge in [0.2, 0.25) is 10.0 Å². The Balaban J connectivity index is 2.22. The number of benzene rings is 2. The van der Waals surface area contributed by atoms with E-state index in [0.717, 1.165) is 11.1 Å². The molecule has 0 aliphatic heterocycles. The van der Waals surface area contributed by atoms with Crippen molar-refractivity contribution in [3.63, 3.8) is 0 Å². The summed E-state index contributed by atoms with van der Waals surface area (Å²) in [6.45, 7) is 7.19. The van der Waals surface area contributed by atoms with Gasteiger partial charge in [0.15, 0.2) is 0 Å². The lowest BCUT2D eigenvalue weighted by Crippen LogP contribution is -2.33. The lowest BCUT2D eigenvalue weighted by molar-refractivity contribution is -0.385. The topological polar surface area (TPSA) is 116 Å². The van der Waals surface area contributed by atoms with Gasteiger partial charge in [0.25, 0.3) is 5.69 Å². The first kappa shape index (κ1) is 23.5. The third-order valence-electron chi connectivity index (χ3n) is 4.71. The van der Waals surface area contributed by atoms with Crippen LogP contribution in [0, 0.1) is 10.1 Å². The van der Waals surface area contributed by atoms with Crippen LogP contribution in [0.3, 0.4) is 0 Å². The van der Waals surface area contributed by atoms with Crippen molar-refractivity contribution in [2.45, 2.75) is 38.9 Å². The van der Waals surface area contributed by atoms with E-state index in [-0.39, 0.29) is 30.3 Å². The maximum atomic E-state index is 11.9. The monoisotopic (exact) mass is 434 g/mol. The van der Waals surface area contributed by atoms with Crippen molar-refractivity contribution in [2.24, 2.45) is 0 Å². The first-order valence-corrected chi connectivity index (χ1v) is 11.2. The molecule has 0 saturated heterocycles. The van der Waals surface area contributed by atoms with Gasteiger partial charge in [-0.3, -0.25) is 10.1 Å². The summed E-state index contributed by atoms with van der Waals surface area (Å²) < 4.78 is 31.3. The molecule has 0 saturated carbocycles. The first-order chi connectivity index (χ1) is 14.1. The highest BCUT2D eigenvalue weighted by Crippen LogP contribution is 2.29. The molecule has 0 aliphatic rings. The van der Waals surface area contributed by atoms with E-state index in [4.69, 9.17) is 4.74 Å². The number of nitrogens with one attached hydrogen (secondary N) is 1. The van der Waals surface area contributed by atoms with E-state index < -0.39 is 26.2 Å². The molecule has 2 rings (SSSR count). The molecule has 0 aromatic heterocycles. The van der Waals surface area contributed by atoms with E-state index in [1.165, 1.54) is 12.1 Å². The number of nitro benzene ring substituents is 1. The van der Waals surface area contributed by atoms with Crippen LogP contribution in [0.2, 0.25) is 0 Å². The Bertz CT molecular complexity index is 1020. The van der Waals surface area contributed by atoms with Crippen LogP contribution in [0.1, 0.15) is 49.5 Å². The predicted octanol–water partition coefficient (Wildman–Crippen LogP) is 3.87. The van der Waals surface area contributed by atoms with E-state index in [2.05, 4.69) is 4.72 Å². The minimum Gasteiger partial charge on any atom is -0.462 e. The number of ether oxygens (including phenoxy) is 1. The maximum absolute atomic E-state index is 11.9. The van der Waals surface area contributed by atoms with Crippen LogP contribution in [0.5, 0.6) is 0 Å². The molecule has 30 heavy (non-hydrogen) atoms. The summed E-state index contributed by atoms with van der Waals surface area (Å²) >= 11 is 0. The van der Waals surface area contributed by atoms with Gasteiger partial charge < -0.3 is 4.74 Å². The van der Waals surface area contributed by atoms with Gasteiger partial charge in [0.1, 0.15) is 5.56 Å². The molecule has 0 aliphatic carbocycles. The SMILES string of the molecule is CCOC(=O)c1ccc(-c2ccc(C(C)CNS(=O)(=O)C(C)C)cc2)cc1[N+](=O)[O-]. The summed E-state index contributed by atoms with van der Waals surface area (Å²) in [6.07, 6.45) is 0. The second kappa shape index (κ2) is 9.82. The van der Waals surface area contributed by atoms with Crippen molar-refractivity contribution in [3.05, 3.63) is 63.7 Å². The Labute approximate surface area is 176 Å². The van der Waals surface area contributed by atoms with Gasteiger partial charge in [0, 0.05) is 12.6 Å². The van der Waals surface area contributed by atoms with Crippen molar-refractivity contribution < 1.29 is 22.9 Å². The fraction of sp³-hybridized carbons (Fsp3) is 0.381. The largest absolute Gasteiger partial charge is 0.462 e.